The normalized spacial score (nSPS) is 13.6. The summed E-state index contributed by atoms with van der Waals surface area (Å²) in [6.07, 6.45) is 9.11. The molecule has 0 radical (unpaired) electrons. The molecule has 0 amide bonds. The quantitative estimate of drug-likeness (QED) is 0.782. The highest BCUT2D eigenvalue weighted by Gasteiger charge is 2.08. The lowest BCUT2D eigenvalue weighted by molar-refractivity contribution is 0.113. The lowest BCUT2D eigenvalue weighted by Crippen LogP contribution is -2.05. The van der Waals surface area contributed by atoms with E-state index in [0.717, 1.165) is 19.6 Å². The van der Waals surface area contributed by atoms with Gasteiger partial charge in [-0.05, 0) is 51.4 Å². The molecule has 18 heavy (non-hydrogen) atoms. The predicted octanol–water partition coefficient (Wildman–Crippen LogP) is 3.80. The number of nitrogens with one attached hydrogen (secondary N) is 1. The molecule has 0 aromatic carbocycles. The van der Waals surface area contributed by atoms with Crippen molar-refractivity contribution in [3.05, 3.63) is 46.2 Å². The summed E-state index contributed by atoms with van der Waals surface area (Å²) in [5, 5.41) is 4.89. The zero-order valence-corrected chi connectivity index (χ0v) is 12.7. The van der Waals surface area contributed by atoms with E-state index in [1.54, 1.807) is 11.3 Å². The number of hydrogen-bond donors (Lipinski definition) is 1. The van der Waals surface area contributed by atoms with Crippen molar-refractivity contribution >= 4 is 11.3 Å². The topological polar surface area (TPSA) is 21.3 Å². The number of hydrogen-bond acceptors (Lipinski definition) is 3. The van der Waals surface area contributed by atoms with Gasteiger partial charge in [0.2, 0.25) is 0 Å². The minimum Gasteiger partial charge on any atom is -0.376 e. The third-order valence-electron chi connectivity index (χ3n) is 2.08. The summed E-state index contributed by atoms with van der Waals surface area (Å²) in [7, 11) is 3.75. The number of allylic oxidation sites excluding steroid dienone is 4. The van der Waals surface area contributed by atoms with Crippen LogP contribution in [-0.4, -0.2) is 20.7 Å². The van der Waals surface area contributed by atoms with Crippen LogP contribution in [0.4, 0.5) is 0 Å². The van der Waals surface area contributed by atoms with E-state index in [1.165, 1.54) is 10.4 Å². The maximum absolute atomic E-state index is 5.26. The highest BCUT2D eigenvalue weighted by Crippen LogP contribution is 2.21. The van der Waals surface area contributed by atoms with Crippen molar-refractivity contribution in [1.82, 2.24) is 5.32 Å². The van der Waals surface area contributed by atoms with E-state index < -0.39 is 0 Å². The summed E-state index contributed by atoms with van der Waals surface area (Å²) >= 11 is 1.80. The van der Waals surface area contributed by atoms with Gasteiger partial charge in [-0.25, -0.2) is 0 Å². The zero-order chi connectivity index (χ0) is 13.6. The lowest BCUT2D eigenvalue weighted by Gasteiger charge is -2.10. The maximum atomic E-state index is 5.26. The molecule has 1 aliphatic heterocycles. The van der Waals surface area contributed by atoms with Crippen molar-refractivity contribution in [3.63, 3.8) is 0 Å². The fraction of sp³-hybridized carbons (Fsp3) is 0.467. The van der Waals surface area contributed by atoms with Crippen LogP contribution >= 0.6 is 11.3 Å². The summed E-state index contributed by atoms with van der Waals surface area (Å²) in [6.45, 7) is 5.75. The molecule has 102 valence electrons. The summed E-state index contributed by atoms with van der Waals surface area (Å²) in [6, 6.07) is 2.20. The average Bonchev–Trinajstić information content (AvgIpc) is 2.86. The standard InChI is InChI=1S/C7H8OS.C6H10.C2H7N/c1-3-8-5-7-6(1)2-4-9-7;1-3-5-6-4-2;1-3-2/h2,4H,1,3,5H2;3-6H,1-2H3;3H,1-2H3/b;5-3-,6-4-;. The fourth-order valence-corrected chi connectivity index (χ4v) is 2.16. The van der Waals surface area contributed by atoms with Gasteiger partial charge in [0.1, 0.15) is 0 Å². The van der Waals surface area contributed by atoms with Crippen molar-refractivity contribution < 1.29 is 4.74 Å². The van der Waals surface area contributed by atoms with Crippen LogP contribution in [-0.2, 0) is 17.8 Å². The Kier molecular flexibility index (Phi) is 11.9. The van der Waals surface area contributed by atoms with Crippen LogP contribution < -0.4 is 5.32 Å². The second-order valence-corrected chi connectivity index (χ2v) is 4.72. The second-order valence-electron chi connectivity index (χ2n) is 3.72. The third-order valence-corrected chi connectivity index (χ3v) is 3.02. The molecular formula is C15H25NOS. The Balaban J connectivity index is 0.000000282. The van der Waals surface area contributed by atoms with Crippen molar-refractivity contribution in [1.29, 1.82) is 0 Å². The average molecular weight is 267 g/mol. The first-order valence-corrected chi connectivity index (χ1v) is 7.13. The van der Waals surface area contributed by atoms with Gasteiger partial charge in [-0.2, -0.15) is 0 Å². The smallest absolute Gasteiger partial charge is 0.0812 e. The number of fused-ring (bicyclic) bond motifs is 1. The van der Waals surface area contributed by atoms with Gasteiger partial charge in [0.05, 0.1) is 13.2 Å². The van der Waals surface area contributed by atoms with Crippen LogP contribution in [0, 0.1) is 0 Å². The van der Waals surface area contributed by atoms with Gasteiger partial charge in [-0.3, -0.25) is 0 Å². The molecule has 2 nitrogen and oxygen atoms in total. The van der Waals surface area contributed by atoms with E-state index >= 15 is 0 Å². The SMILES string of the molecule is C/C=C\C=C/C.CNC.c1cc2c(s1)COCC2. The van der Waals surface area contributed by atoms with E-state index in [2.05, 4.69) is 16.8 Å². The van der Waals surface area contributed by atoms with E-state index in [0.29, 0.717) is 0 Å². The lowest BCUT2D eigenvalue weighted by atomic mass is 10.2. The fourth-order valence-electron chi connectivity index (χ4n) is 1.29. The molecule has 0 spiro atoms. The molecule has 1 N–H and O–H groups in total. The Morgan fingerprint density at radius 3 is 2.33 bits per heavy atom. The summed E-state index contributed by atoms with van der Waals surface area (Å²) in [5.74, 6) is 0. The second kappa shape index (κ2) is 12.6. The first-order valence-electron chi connectivity index (χ1n) is 6.25. The zero-order valence-electron chi connectivity index (χ0n) is 11.9. The van der Waals surface area contributed by atoms with Crippen molar-refractivity contribution in [3.8, 4) is 0 Å². The molecule has 0 aliphatic carbocycles. The van der Waals surface area contributed by atoms with Crippen LogP contribution in [0.1, 0.15) is 24.3 Å². The van der Waals surface area contributed by atoms with Crippen molar-refractivity contribution in [2.45, 2.75) is 26.9 Å². The Labute approximate surface area is 115 Å². The Bertz CT molecular complexity index is 312. The van der Waals surface area contributed by atoms with E-state index in [-0.39, 0.29) is 0 Å². The molecule has 0 unspecified atom stereocenters. The first-order chi connectivity index (χ1) is 8.79. The molecule has 1 aromatic heterocycles. The largest absolute Gasteiger partial charge is 0.376 e. The van der Waals surface area contributed by atoms with Crippen molar-refractivity contribution in [2.24, 2.45) is 0 Å². The molecule has 2 rings (SSSR count). The maximum Gasteiger partial charge on any atom is 0.0812 e. The van der Waals surface area contributed by atoms with E-state index in [9.17, 15) is 0 Å². The van der Waals surface area contributed by atoms with Gasteiger partial charge < -0.3 is 10.1 Å². The predicted molar refractivity (Wildman–Crippen MR) is 82.3 cm³/mol. The minimum absolute atomic E-state index is 0.840. The third kappa shape index (κ3) is 8.23. The van der Waals surface area contributed by atoms with Crippen LogP contribution in [0.2, 0.25) is 0 Å². The first kappa shape index (κ1) is 17.1. The molecule has 0 saturated carbocycles. The number of rotatable bonds is 1. The molecule has 0 bridgehead atoms. The number of ether oxygens (including phenoxy) is 1. The van der Waals surface area contributed by atoms with Gasteiger partial charge in [-0.15, -0.1) is 11.3 Å². The monoisotopic (exact) mass is 267 g/mol. The van der Waals surface area contributed by atoms with Gasteiger partial charge in [0.15, 0.2) is 0 Å². The summed E-state index contributed by atoms with van der Waals surface area (Å²) in [5.41, 5.74) is 1.49. The summed E-state index contributed by atoms with van der Waals surface area (Å²) in [4.78, 5) is 1.42. The number of thiophene rings is 1. The van der Waals surface area contributed by atoms with Gasteiger partial charge >= 0.3 is 0 Å². The Morgan fingerprint density at radius 1 is 1.22 bits per heavy atom. The molecule has 0 atom stereocenters. The highest BCUT2D eigenvalue weighted by molar-refractivity contribution is 7.10. The van der Waals surface area contributed by atoms with E-state index in [1.807, 2.05) is 52.2 Å². The van der Waals surface area contributed by atoms with Crippen molar-refractivity contribution in [2.75, 3.05) is 20.7 Å². The molecular weight excluding hydrogens is 242 g/mol. The van der Waals surface area contributed by atoms with Crippen LogP contribution in [0.5, 0.6) is 0 Å². The van der Waals surface area contributed by atoms with Crippen LogP contribution in [0.15, 0.2) is 35.8 Å². The van der Waals surface area contributed by atoms with E-state index in [4.69, 9.17) is 4.74 Å². The van der Waals surface area contributed by atoms with Gasteiger partial charge in [-0.1, -0.05) is 24.3 Å². The van der Waals surface area contributed by atoms with Gasteiger partial charge in [0, 0.05) is 4.88 Å². The van der Waals surface area contributed by atoms with Crippen LogP contribution in [0.25, 0.3) is 0 Å². The Morgan fingerprint density at radius 2 is 1.83 bits per heavy atom. The van der Waals surface area contributed by atoms with Crippen LogP contribution in [0.3, 0.4) is 0 Å². The minimum atomic E-state index is 0.840. The molecule has 3 heteroatoms. The van der Waals surface area contributed by atoms with Gasteiger partial charge in [0.25, 0.3) is 0 Å². The highest BCUT2D eigenvalue weighted by atomic mass is 32.1. The molecule has 0 fully saturated rings. The molecule has 0 saturated heterocycles. The summed E-state index contributed by atoms with van der Waals surface area (Å²) < 4.78 is 5.26. The molecule has 2 heterocycles. The Hall–Kier alpha value is -0.900. The molecule has 1 aromatic rings. The molecule has 1 aliphatic rings.